The van der Waals surface area contributed by atoms with E-state index in [2.05, 4.69) is 16.1 Å². The SMILES string of the molecule is COc1ccc(C(C)N)cc1CSc1ncnn1C. The van der Waals surface area contributed by atoms with Crippen LogP contribution in [0.5, 0.6) is 5.75 Å². The van der Waals surface area contributed by atoms with Crippen LogP contribution in [0.2, 0.25) is 0 Å². The Bertz CT molecular complexity index is 553. The molecule has 19 heavy (non-hydrogen) atoms. The number of hydrogen-bond donors (Lipinski definition) is 1. The molecule has 0 bridgehead atoms. The third kappa shape index (κ3) is 3.27. The number of aromatic nitrogens is 3. The third-order valence-electron chi connectivity index (χ3n) is 2.86. The van der Waals surface area contributed by atoms with Crippen LogP contribution >= 0.6 is 11.8 Å². The van der Waals surface area contributed by atoms with Gasteiger partial charge in [-0.25, -0.2) is 9.67 Å². The minimum absolute atomic E-state index is 0.0180. The summed E-state index contributed by atoms with van der Waals surface area (Å²) in [7, 11) is 3.56. The monoisotopic (exact) mass is 278 g/mol. The second kappa shape index (κ2) is 6.08. The fourth-order valence-corrected chi connectivity index (χ4v) is 2.62. The summed E-state index contributed by atoms with van der Waals surface area (Å²) < 4.78 is 7.14. The van der Waals surface area contributed by atoms with E-state index >= 15 is 0 Å². The van der Waals surface area contributed by atoms with E-state index in [4.69, 9.17) is 10.5 Å². The first-order chi connectivity index (χ1) is 9.11. The Labute approximate surface area is 117 Å². The zero-order valence-electron chi connectivity index (χ0n) is 11.3. The van der Waals surface area contributed by atoms with Crippen molar-refractivity contribution in [1.29, 1.82) is 0 Å². The molecule has 1 aromatic heterocycles. The van der Waals surface area contributed by atoms with E-state index in [9.17, 15) is 0 Å². The van der Waals surface area contributed by atoms with Gasteiger partial charge in [-0.3, -0.25) is 0 Å². The van der Waals surface area contributed by atoms with Crippen LogP contribution in [0.3, 0.4) is 0 Å². The van der Waals surface area contributed by atoms with Gasteiger partial charge in [-0.1, -0.05) is 17.8 Å². The maximum Gasteiger partial charge on any atom is 0.186 e. The molecule has 0 spiro atoms. The van der Waals surface area contributed by atoms with Gasteiger partial charge in [0, 0.05) is 24.4 Å². The number of rotatable bonds is 5. The van der Waals surface area contributed by atoms with Gasteiger partial charge in [0.1, 0.15) is 12.1 Å². The average molecular weight is 278 g/mol. The molecule has 2 aromatic rings. The van der Waals surface area contributed by atoms with Gasteiger partial charge in [0.05, 0.1) is 7.11 Å². The first-order valence-electron chi connectivity index (χ1n) is 6.01. The number of thioether (sulfide) groups is 1. The van der Waals surface area contributed by atoms with Crippen molar-refractivity contribution in [3.05, 3.63) is 35.7 Å². The highest BCUT2D eigenvalue weighted by Crippen LogP contribution is 2.28. The lowest BCUT2D eigenvalue weighted by atomic mass is 10.1. The third-order valence-corrected chi connectivity index (χ3v) is 3.94. The van der Waals surface area contributed by atoms with Crippen molar-refractivity contribution in [3.8, 4) is 5.75 Å². The van der Waals surface area contributed by atoms with Gasteiger partial charge >= 0.3 is 0 Å². The summed E-state index contributed by atoms with van der Waals surface area (Å²) in [4.78, 5) is 4.19. The Morgan fingerprint density at radius 3 is 2.84 bits per heavy atom. The van der Waals surface area contributed by atoms with E-state index in [-0.39, 0.29) is 6.04 Å². The molecule has 1 unspecified atom stereocenters. The van der Waals surface area contributed by atoms with Crippen molar-refractivity contribution >= 4 is 11.8 Å². The molecule has 2 rings (SSSR count). The van der Waals surface area contributed by atoms with Gasteiger partial charge in [-0.05, 0) is 24.6 Å². The van der Waals surface area contributed by atoms with E-state index in [0.717, 1.165) is 27.8 Å². The Kier molecular flexibility index (Phi) is 4.44. The van der Waals surface area contributed by atoms with Gasteiger partial charge in [-0.2, -0.15) is 5.10 Å². The van der Waals surface area contributed by atoms with E-state index in [1.165, 1.54) is 0 Å². The molecule has 1 atom stereocenters. The van der Waals surface area contributed by atoms with Gasteiger partial charge in [0.25, 0.3) is 0 Å². The number of benzene rings is 1. The van der Waals surface area contributed by atoms with Crippen LogP contribution in [-0.2, 0) is 12.8 Å². The van der Waals surface area contributed by atoms with E-state index in [1.54, 1.807) is 29.9 Å². The molecule has 2 N–H and O–H groups in total. The van der Waals surface area contributed by atoms with Gasteiger partial charge in [-0.15, -0.1) is 0 Å². The molecule has 5 nitrogen and oxygen atoms in total. The zero-order valence-corrected chi connectivity index (χ0v) is 12.1. The van der Waals surface area contributed by atoms with Crippen molar-refractivity contribution in [3.63, 3.8) is 0 Å². The molecule has 0 saturated heterocycles. The Hall–Kier alpha value is -1.53. The van der Waals surface area contributed by atoms with E-state index < -0.39 is 0 Å². The maximum atomic E-state index is 5.91. The molecule has 1 aromatic carbocycles. The maximum absolute atomic E-state index is 5.91. The van der Waals surface area contributed by atoms with Crippen LogP contribution in [0.4, 0.5) is 0 Å². The van der Waals surface area contributed by atoms with Gasteiger partial charge in [0.15, 0.2) is 5.16 Å². The average Bonchev–Trinajstić information content (AvgIpc) is 2.81. The molecule has 0 aliphatic carbocycles. The highest BCUT2D eigenvalue weighted by atomic mass is 32.2. The number of methoxy groups -OCH3 is 1. The van der Waals surface area contributed by atoms with Crippen LogP contribution < -0.4 is 10.5 Å². The Morgan fingerprint density at radius 1 is 1.47 bits per heavy atom. The summed E-state index contributed by atoms with van der Waals surface area (Å²) in [6.07, 6.45) is 1.55. The second-order valence-electron chi connectivity index (χ2n) is 4.31. The molecule has 0 aliphatic heterocycles. The van der Waals surface area contributed by atoms with Crippen molar-refractivity contribution in [2.75, 3.05) is 7.11 Å². The lowest BCUT2D eigenvalue weighted by Gasteiger charge is -2.12. The van der Waals surface area contributed by atoms with Crippen molar-refractivity contribution in [2.24, 2.45) is 12.8 Å². The topological polar surface area (TPSA) is 66.0 Å². The van der Waals surface area contributed by atoms with Crippen LogP contribution in [-0.4, -0.2) is 21.9 Å². The summed E-state index contributed by atoms with van der Waals surface area (Å²) in [6, 6.07) is 6.07. The van der Waals surface area contributed by atoms with Crippen molar-refractivity contribution in [2.45, 2.75) is 23.9 Å². The predicted octanol–water partition coefficient (Wildman–Crippen LogP) is 2.14. The Balaban J connectivity index is 2.18. The molecule has 0 aliphatic rings. The minimum atomic E-state index is 0.0180. The fourth-order valence-electron chi connectivity index (χ4n) is 1.75. The highest BCUT2D eigenvalue weighted by Gasteiger charge is 2.09. The summed E-state index contributed by atoms with van der Waals surface area (Å²) in [5, 5.41) is 4.93. The van der Waals surface area contributed by atoms with Crippen molar-refractivity contribution < 1.29 is 4.74 Å². The van der Waals surface area contributed by atoms with Crippen LogP contribution in [0.15, 0.2) is 29.7 Å². The van der Waals surface area contributed by atoms with Gasteiger partial charge in [0.2, 0.25) is 0 Å². The van der Waals surface area contributed by atoms with Gasteiger partial charge < -0.3 is 10.5 Å². The van der Waals surface area contributed by atoms with Crippen LogP contribution in [0.25, 0.3) is 0 Å². The summed E-state index contributed by atoms with van der Waals surface area (Å²) >= 11 is 1.63. The number of nitrogens with zero attached hydrogens (tertiary/aromatic N) is 3. The standard InChI is InChI=1S/C13H18N4OS/c1-9(14)10-4-5-12(18-3)11(6-10)7-19-13-15-8-16-17(13)2/h4-6,8-9H,7,14H2,1-3H3. The molecule has 0 saturated carbocycles. The molecular formula is C13H18N4OS. The highest BCUT2D eigenvalue weighted by molar-refractivity contribution is 7.98. The lowest BCUT2D eigenvalue weighted by molar-refractivity contribution is 0.411. The summed E-state index contributed by atoms with van der Waals surface area (Å²) in [5.74, 6) is 1.65. The quantitative estimate of drug-likeness (QED) is 0.849. The molecule has 0 radical (unpaired) electrons. The number of nitrogens with two attached hydrogens (primary N) is 1. The largest absolute Gasteiger partial charge is 0.496 e. The van der Waals surface area contributed by atoms with Crippen LogP contribution in [0, 0.1) is 0 Å². The summed E-state index contributed by atoms with van der Waals surface area (Å²) in [5.41, 5.74) is 8.14. The lowest BCUT2D eigenvalue weighted by Crippen LogP contribution is -2.05. The predicted molar refractivity (Wildman–Crippen MR) is 76.2 cm³/mol. The molecule has 1 heterocycles. The number of ether oxygens (including phenoxy) is 1. The normalized spacial score (nSPS) is 12.4. The number of hydrogen-bond acceptors (Lipinski definition) is 5. The molecular weight excluding hydrogens is 260 g/mol. The van der Waals surface area contributed by atoms with E-state index in [0.29, 0.717) is 0 Å². The molecule has 0 fully saturated rings. The Morgan fingerprint density at radius 2 is 2.26 bits per heavy atom. The second-order valence-corrected chi connectivity index (χ2v) is 5.26. The minimum Gasteiger partial charge on any atom is -0.496 e. The first-order valence-corrected chi connectivity index (χ1v) is 6.99. The molecule has 102 valence electrons. The zero-order chi connectivity index (χ0) is 13.8. The van der Waals surface area contributed by atoms with E-state index in [1.807, 2.05) is 26.1 Å². The molecule has 6 heteroatoms. The van der Waals surface area contributed by atoms with Crippen molar-refractivity contribution in [1.82, 2.24) is 14.8 Å². The fraction of sp³-hybridized carbons (Fsp3) is 0.385. The van der Waals surface area contributed by atoms with Crippen LogP contribution in [0.1, 0.15) is 24.1 Å². The number of aryl methyl sites for hydroxylation is 1. The first kappa shape index (κ1) is 13.9. The summed E-state index contributed by atoms with van der Waals surface area (Å²) in [6.45, 7) is 1.97. The smallest absolute Gasteiger partial charge is 0.186 e. The molecule has 0 amide bonds.